The fourth-order valence-corrected chi connectivity index (χ4v) is 3.20. The molecule has 1 aromatic rings. The maximum Gasteiger partial charge on any atom is 0.0926 e. The molecule has 1 aliphatic rings. The second-order valence-electron chi connectivity index (χ2n) is 5.95. The maximum atomic E-state index is 9.84. The molecule has 1 fully saturated rings. The molecule has 2 heterocycles. The van der Waals surface area contributed by atoms with Crippen molar-refractivity contribution in [3.8, 4) is 0 Å². The number of β-amino-alcohol motifs (C(OH)–C–C–N with tert-alkyl or cyclic N) is 1. The van der Waals surface area contributed by atoms with Gasteiger partial charge in [0.05, 0.1) is 16.3 Å². The Morgan fingerprint density at radius 1 is 1.26 bits per heavy atom. The SMILES string of the molecule is CCc1nc(CN2CCN(CC(C)(C)O)CC2)cs1. The van der Waals surface area contributed by atoms with Gasteiger partial charge in [0.15, 0.2) is 0 Å². The molecule has 0 unspecified atom stereocenters. The van der Waals surface area contributed by atoms with Crippen molar-refractivity contribution < 1.29 is 5.11 Å². The molecule has 0 aromatic carbocycles. The summed E-state index contributed by atoms with van der Waals surface area (Å²) >= 11 is 1.77. The van der Waals surface area contributed by atoms with Gasteiger partial charge in [-0.1, -0.05) is 6.92 Å². The lowest BCUT2D eigenvalue weighted by Crippen LogP contribution is -2.50. The number of nitrogens with zero attached hydrogens (tertiary/aromatic N) is 3. The Morgan fingerprint density at radius 3 is 2.42 bits per heavy atom. The molecule has 0 amide bonds. The molecule has 1 N–H and O–H groups in total. The minimum Gasteiger partial charge on any atom is -0.389 e. The van der Waals surface area contributed by atoms with Crippen LogP contribution in [0.2, 0.25) is 0 Å². The quantitative estimate of drug-likeness (QED) is 0.891. The molecule has 0 atom stereocenters. The van der Waals surface area contributed by atoms with E-state index in [1.807, 2.05) is 13.8 Å². The minimum atomic E-state index is -0.590. The summed E-state index contributed by atoms with van der Waals surface area (Å²) in [5.41, 5.74) is 0.616. The Morgan fingerprint density at radius 2 is 1.89 bits per heavy atom. The van der Waals surface area contributed by atoms with Crippen molar-refractivity contribution in [3.63, 3.8) is 0 Å². The van der Waals surface area contributed by atoms with Crippen molar-refractivity contribution in [3.05, 3.63) is 16.1 Å². The number of hydrogen-bond donors (Lipinski definition) is 1. The third kappa shape index (κ3) is 4.84. The first kappa shape index (κ1) is 14.9. The minimum absolute atomic E-state index is 0.590. The predicted octanol–water partition coefficient (Wildman–Crippen LogP) is 1.59. The van der Waals surface area contributed by atoms with Crippen molar-refractivity contribution in [2.45, 2.75) is 39.3 Å². The van der Waals surface area contributed by atoms with Crippen LogP contribution in [0.5, 0.6) is 0 Å². The van der Waals surface area contributed by atoms with Crippen LogP contribution >= 0.6 is 11.3 Å². The van der Waals surface area contributed by atoms with Crippen LogP contribution in [-0.4, -0.2) is 58.2 Å². The Balaban J connectivity index is 1.77. The van der Waals surface area contributed by atoms with E-state index in [2.05, 4.69) is 27.1 Å². The highest BCUT2D eigenvalue weighted by atomic mass is 32.1. The van der Waals surface area contributed by atoms with E-state index in [1.54, 1.807) is 11.3 Å². The number of rotatable bonds is 5. The standard InChI is InChI=1S/C14H25N3OS/c1-4-13-15-12(10-19-13)9-16-5-7-17(8-6-16)11-14(2,3)18/h10,18H,4-9,11H2,1-3H3. The van der Waals surface area contributed by atoms with Gasteiger partial charge < -0.3 is 5.11 Å². The van der Waals surface area contributed by atoms with E-state index in [1.165, 1.54) is 10.7 Å². The smallest absolute Gasteiger partial charge is 0.0926 e. The van der Waals surface area contributed by atoms with Crippen molar-refractivity contribution in [1.29, 1.82) is 0 Å². The van der Waals surface area contributed by atoms with Gasteiger partial charge in [-0.05, 0) is 20.3 Å². The zero-order chi connectivity index (χ0) is 13.9. The second kappa shape index (κ2) is 6.31. The summed E-state index contributed by atoms with van der Waals surface area (Å²) in [6.45, 7) is 11.8. The van der Waals surface area contributed by atoms with Gasteiger partial charge in [-0.15, -0.1) is 11.3 Å². The Kier molecular flexibility index (Phi) is 4.95. The molecular weight excluding hydrogens is 258 g/mol. The van der Waals surface area contributed by atoms with E-state index in [-0.39, 0.29) is 0 Å². The van der Waals surface area contributed by atoms with Crippen molar-refractivity contribution in [2.24, 2.45) is 0 Å². The number of thiazole rings is 1. The van der Waals surface area contributed by atoms with Gasteiger partial charge in [0.1, 0.15) is 0 Å². The number of piperazine rings is 1. The average Bonchev–Trinajstić information content (AvgIpc) is 2.77. The van der Waals surface area contributed by atoms with Gasteiger partial charge in [-0.3, -0.25) is 9.80 Å². The van der Waals surface area contributed by atoms with E-state index < -0.39 is 5.60 Å². The van der Waals surface area contributed by atoms with Crippen LogP contribution in [0.15, 0.2) is 5.38 Å². The van der Waals surface area contributed by atoms with Gasteiger partial charge in [-0.25, -0.2) is 4.98 Å². The van der Waals surface area contributed by atoms with Crippen LogP contribution in [0, 0.1) is 0 Å². The first-order chi connectivity index (χ1) is 8.96. The van der Waals surface area contributed by atoms with E-state index in [9.17, 15) is 5.11 Å². The van der Waals surface area contributed by atoms with Crippen LogP contribution in [0.4, 0.5) is 0 Å². The van der Waals surface area contributed by atoms with E-state index in [0.29, 0.717) is 0 Å². The molecule has 0 bridgehead atoms. The lowest BCUT2D eigenvalue weighted by Gasteiger charge is -2.37. The molecular formula is C14H25N3OS. The molecule has 5 heteroatoms. The van der Waals surface area contributed by atoms with Gasteiger partial charge in [0, 0.05) is 44.6 Å². The summed E-state index contributed by atoms with van der Waals surface area (Å²) < 4.78 is 0. The monoisotopic (exact) mass is 283 g/mol. The highest BCUT2D eigenvalue weighted by Gasteiger charge is 2.22. The number of aliphatic hydroxyl groups is 1. The molecule has 0 spiro atoms. The summed E-state index contributed by atoms with van der Waals surface area (Å²) in [5.74, 6) is 0. The molecule has 1 aliphatic heterocycles. The zero-order valence-corrected chi connectivity index (χ0v) is 13.0. The Labute approximate surface area is 120 Å². The Bertz CT molecular complexity index is 392. The number of hydrogen-bond acceptors (Lipinski definition) is 5. The van der Waals surface area contributed by atoms with Crippen molar-refractivity contribution in [1.82, 2.24) is 14.8 Å². The van der Waals surface area contributed by atoms with Crippen LogP contribution in [-0.2, 0) is 13.0 Å². The van der Waals surface area contributed by atoms with Crippen LogP contribution < -0.4 is 0 Å². The molecule has 2 rings (SSSR count). The van der Waals surface area contributed by atoms with Crippen LogP contribution in [0.1, 0.15) is 31.5 Å². The first-order valence-corrected chi connectivity index (χ1v) is 7.94. The molecule has 0 saturated carbocycles. The summed E-state index contributed by atoms with van der Waals surface area (Å²) in [5, 5.41) is 13.3. The summed E-state index contributed by atoms with van der Waals surface area (Å²) in [6, 6.07) is 0. The van der Waals surface area contributed by atoms with Gasteiger partial charge in [-0.2, -0.15) is 0 Å². The van der Waals surface area contributed by atoms with Gasteiger partial charge >= 0.3 is 0 Å². The number of aromatic nitrogens is 1. The van der Waals surface area contributed by atoms with E-state index in [4.69, 9.17) is 0 Å². The highest BCUT2D eigenvalue weighted by molar-refractivity contribution is 7.09. The molecule has 1 saturated heterocycles. The number of aryl methyl sites for hydroxylation is 1. The molecule has 19 heavy (non-hydrogen) atoms. The van der Waals surface area contributed by atoms with Crippen molar-refractivity contribution in [2.75, 3.05) is 32.7 Å². The molecule has 108 valence electrons. The van der Waals surface area contributed by atoms with Crippen LogP contribution in [0.25, 0.3) is 0 Å². The van der Waals surface area contributed by atoms with E-state index >= 15 is 0 Å². The third-order valence-corrected chi connectivity index (χ3v) is 4.40. The lowest BCUT2D eigenvalue weighted by atomic mass is 10.1. The third-order valence-electron chi connectivity index (χ3n) is 3.36. The average molecular weight is 283 g/mol. The fourth-order valence-electron chi connectivity index (χ4n) is 2.47. The van der Waals surface area contributed by atoms with Crippen molar-refractivity contribution >= 4 is 11.3 Å². The van der Waals surface area contributed by atoms with Gasteiger partial charge in [0.25, 0.3) is 0 Å². The largest absolute Gasteiger partial charge is 0.389 e. The molecule has 1 aromatic heterocycles. The van der Waals surface area contributed by atoms with Gasteiger partial charge in [0.2, 0.25) is 0 Å². The molecule has 4 nitrogen and oxygen atoms in total. The summed E-state index contributed by atoms with van der Waals surface area (Å²) in [6.07, 6.45) is 1.03. The zero-order valence-electron chi connectivity index (χ0n) is 12.2. The fraction of sp³-hybridized carbons (Fsp3) is 0.786. The maximum absolute atomic E-state index is 9.84. The normalized spacial score (nSPS) is 18.9. The second-order valence-corrected chi connectivity index (χ2v) is 6.89. The van der Waals surface area contributed by atoms with Crippen LogP contribution in [0.3, 0.4) is 0 Å². The van der Waals surface area contributed by atoms with E-state index in [0.717, 1.165) is 45.7 Å². The summed E-state index contributed by atoms with van der Waals surface area (Å²) in [4.78, 5) is 9.42. The molecule has 0 radical (unpaired) electrons. The molecule has 0 aliphatic carbocycles. The Hall–Kier alpha value is -0.490. The lowest BCUT2D eigenvalue weighted by molar-refractivity contribution is 0.0165. The first-order valence-electron chi connectivity index (χ1n) is 7.06. The predicted molar refractivity (Wildman–Crippen MR) is 79.5 cm³/mol. The summed E-state index contributed by atoms with van der Waals surface area (Å²) in [7, 11) is 0. The highest BCUT2D eigenvalue weighted by Crippen LogP contribution is 2.14. The topological polar surface area (TPSA) is 39.6 Å².